The van der Waals surface area contributed by atoms with Gasteiger partial charge in [-0.05, 0) is 58.9 Å². The van der Waals surface area contributed by atoms with Crippen LogP contribution in [0.4, 0.5) is 0 Å². The molecule has 0 aromatic carbocycles. The maximum Gasteiger partial charge on any atom is 0.226 e. The summed E-state index contributed by atoms with van der Waals surface area (Å²) in [5.41, 5.74) is 0. The van der Waals surface area contributed by atoms with Crippen molar-refractivity contribution in [2.45, 2.75) is 58.9 Å². The van der Waals surface area contributed by atoms with Crippen LogP contribution < -0.4 is 0 Å². The molecular weight excluding hydrogens is 304 g/mol. The van der Waals surface area contributed by atoms with E-state index >= 15 is 0 Å². The van der Waals surface area contributed by atoms with Crippen molar-refractivity contribution in [2.75, 3.05) is 26.2 Å². The molecule has 0 radical (unpaired) electrons. The van der Waals surface area contributed by atoms with E-state index in [1.165, 1.54) is 0 Å². The highest BCUT2D eigenvalue weighted by atomic mass is 16.5. The van der Waals surface area contributed by atoms with E-state index in [0.717, 1.165) is 64.2 Å². The lowest BCUT2D eigenvalue weighted by Crippen LogP contribution is -2.48. The van der Waals surface area contributed by atoms with E-state index in [0.29, 0.717) is 23.7 Å². The zero-order valence-corrected chi connectivity index (χ0v) is 15.2. The van der Waals surface area contributed by atoms with Crippen LogP contribution in [0.1, 0.15) is 51.2 Å². The first-order valence-corrected chi connectivity index (χ1v) is 9.35. The molecule has 2 fully saturated rings. The standard InChI is InChI=1S/C18H30N4O2/c1-13(2)22-8-4-5-16(12-22)18(23)21-9-6-15(7-10-21)11-17-19-14(3)20-24-17/h13,15-16H,4-12H2,1-3H3. The molecule has 2 aliphatic heterocycles. The van der Waals surface area contributed by atoms with Crippen LogP contribution in [0.2, 0.25) is 0 Å². The van der Waals surface area contributed by atoms with Crippen LogP contribution in [-0.4, -0.2) is 58.1 Å². The van der Waals surface area contributed by atoms with Crippen molar-refractivity contribution >= 4 is 5.91 Å². The molecule has 1 unspecified atom stereocenters. The Kier molecular flexibility index (Phi) is 5.54. The second-order valence-corrected chi connectivity index (χ2v) is 7.64. The van der Waals surface area contributed by atoms with Gasteiger partial charge >= 0.3 is 0 Å². The average Bonchev–Trinajstić information content (AvgIpc) is 3.00. The van der Waals surface area contributed by atoms with E-state index in [1.807, 2.05) is 6.92 Å². The van der Waals surface area contributed by atoms with Crippen molar-refractivity contribution in [3.05, 3.63) is 11.7 Å². The van der Waals surface area contributed by atoms with E-state index in [9.17, 15) is 4.79 Å². The van der Waals surface area contributed by atoms with Crippen molar-refractivity contribution < 1.29 is 9.32 Å². The first-order chi connectivity index (χ1) is 11.5. The maximum atomic E-state index is 12.8. The minimum atomic E-state index is 0.191. The predicted octanol–water partition coefficient (Wildman–Crippen LogP) is 2.28. The number of nitrogens with zero attached hydrogens (tertiary/aromatic N) is 4. The number of amides is 1. The number of likely N-dealkylation sites (tertiary alicyclic amines) is 2. The van der Waals surface area contributed by atoms with Gasteiger partial charge in [-0.2, -0.15) is 4.98 Å². The summed E-state index contributed by atoms with van der Waals surface area (Å²) in [4.78, 5) is 21.7. The van der Waals surface area contributed by atoms with Gasteiger partial charge in [0.25, 0.3) is 0 Å². The normalized spacial score (nSPS) is 23.8. The molecule has 0 N–H and O–H groups in total. The second-order valence-electron chi connectivity index (χ2n) is 7.64. The molecule has 6 heteroatoms. The molecule has 0 aliphatic carbocycles. The zero-order valence-electron chi connectivity index (χ0n) is 15.2. The van der Waals surface area contributed by atoms with Crippen molar-refractivity contribution in [3.63, 3.8) is 0 Å². The van der Waals surface area contributed by atoms with Crippen LogP contribution in [0.15, 0.2) is 4.52 Å². The number of carbonyl (C=O) groups is 1. The Bertz CT molecular complexity index is 549. The molecule has 1 amide bonds. The summed E-state index contributed by atoms with van der Waals surface area (Å²) in [5, 5.41) is 3.85. The molecule has 0 saturated carbocycles. The third-order valence-corrected chi connectivity index (χ3v) is 5.49. The molecule has 1 aromatic heterocycles. The molecule has 0 spiro atoms. The summed E-state index contributed by atoms with van der Waals surface area (Å²) in [6.45, 7) is 10.1. The van der Waals surface area contributed by atoms with Gasteiger partial charge in [0.05, 0.1) is 5.92 Å². The summed E-state index contributed by atoms with van der Waals surface area (Å²) in [5.74, 6) is 2.54. The zero-order chi connectivity index (χ0) is 17.1. The Hall–Kier alpha value is -1.43. The predicted molar refractivity (Wildman–Crippen MR) is 91.5 cm³/mol. The molecule has 6 nitrogen and oxygen atoms in total. The van der Waals surface area contributed by atoms with Gasteiger partial charge in [0, 0.05) is 32.1 Å². The monoisotopic (exact) mass is 334 g/mol. The molecular formula is C18H30N4O2. The molecule has 1 aromatic rings. The highest BCUT2D eigenvalue weighted by molar-refractivity contribution is 5.79. The first kappa shape index (κ1) is 17.4. The maximum absolute atomic E-state index is 12.8. The smallest absolute Gasteiger partial charge is 0.226 e. The van der Waals surface area contributed by atoms with E-state index < -0.39 is 0 Å². The summed E-state index contributed by atoms with van der Waals surface area (Å²) >= 11 is 0. The van der Waals surface area contributed by atoms with Crippen LogP contribution in [0.5, 0.6) is 0 Å². The van der Waals surface area contributed by atoms with Crippen LogP contribution >= 0.6 is 0 Å². The van der Waals surface area contributed by atoms with E-state index in [2.05, 4.69) is 33.8 Å². The number of piperidine rings is 2. The van der Waals surface area contributed by atoms with Gasteiger partial charge in [-0.15, -0.1) is 0 Å². The number of aryl methyl sites for hydroxylation is 1. The van der Waals surface area contributed by atoms with Crippen molar-refractivity contribution in [1.29, 1.82) is 0 Å². The first-order valence-electron chi connectivity index (χ1n) is 9.35. The van der Waals surface area contributed by atoms with Gasteiger partial charge in [-0.3, -0.25) is 4.79 Å². The third kappa shape index (κ3) is 4.15. The Labute approximate surface area is 144 Å². The Morgan fingerprint density at radius 3 is 2.62 bits per heavy atom. The SMILES string of the molecule is Cc1noc(CC2CCN(C(=O)C3CCCN(C(C)C)C3)CC2)n1. The number of rotatable bonds is 4. The topological polar surface area (TPSA) is 62.5 Å². The fourth-order valence-corrected chi connectivity index (χ4v) is 3.96. The molecule has 24 heavy (non-hydrogen) atoms. The Balaban J connectivity index is 1.48. The minimum absolute atomic E-state index is 0.191. The summed E-state index contributed by atoms with van der Waals surface area (Å²) < 4.78 is 5.22. The van der Waals surface area contributed by atoms with Gasteiger partial charge < -0.3 is 14.3 Å². The lowest BCUT2D eigenvalue weighted by Gasteiger charge is -2.39. The molecule has 3 rings (SSSR count). The third-order valence-electron chi connectivity index (χ3n) is 5.49. The quantitative estimate of drug-likeness (QED) is 0.845. The number of carbonyl (C=O) groups excluding carboxylic acids is 1. The van der Waals surface area contributed by atoms with Gasteiger partial charge in [-0.25, -0.2) is 0 Å². The van der Waals surface area contributed by atoms with Gasteiger partial charge in [0.15, 0.2) is 5.82 Å². The van der Waals surface area contributed by atoms with E-state index in [-0.39, 0.29) is 5.92 Å². The largest absolute Gasteiger partial charge is 0.342 e. The summed E-state index contributed by atoms with van der Waals surface area (Å²) in [6, 6.07) is 0.532. The second kappa shape index (κ2) is 7.64. The highest BCUT2D eigenvalue weighted by Crippen LogP contribution is 2.25. The molecule has 3 heterocycles. The summed E-state index contributed by atoms with van der Waals surface area (Å²) in [6.07, 6.45) is 5.10. The molecule has 134 valence electrons. The average molecular weight is 334 g/mol. The molecule has 0 bridgehead atoms. The van der Waals surface area contributed by atoms with Gasteiger partial charge in [0.1, 0.15) is 0 Å². The highest BCUT2D eigenvalue weighted by Gasteiger charge is 2.32. The van der Waals surface area contributed by atoms with Crippen LogP contribution in [0.3, 0.4) is 0 Å². The molecule has 2 saturated heterocycles. The number of aromatic nitrogens is 2. The van der Waals surface area contributed by atoms with E-state index in [1.54, 1.807) is 0 Å². The lowest BCUT2D eigenvalue weighted by atomic mass is 9.91. The molecule has 1 atom stereocenters. The number of hydrogen-bond donors (Lipinski definition) is 0. The summed E-state index contributed by atoms with van der Waals surface area (Å²) in [7, 11) is 0. The Morgan fingerprint density at radius 2 is 2.00 bits per heavy atom. The molecule has 2 aliphatic rings. The number of hydrogen-bond acceptors (Lipinski definition) is 5. The van der Waals surface area contributed by atoms with Gasteiger partial charge in [-0.1, -0.05) is 5.16 Å². The van der Waals surface area contributed by atoms with E-state index in [4.69, 9.17) is 4.52 Å². The van der Waals surface area contributed by atoms with Crippen molar-refractivity contribution in [3.8, 4) is 0 Å². The fourth-order valence-electron chi connectivity index (χ4n) is 3.96. The van der Waals surface area contributed by atoms with Gasteiger partial charge in [0.2, 0.25) is 11.8 Å². The Morgan fingerprint density at radius 1 is 1.25 bits per heavy atom. The fraction of sp³-hybridized carbons (Fsp3) is 0.833. The van der Waals surface area contributed by atoms with Crippen molar-refractivity contribution in [1.82, 2.24) is 19.9 Å². The minimum Gasteiger partial charge on any atom is -0.342 e. The van der Waals surface area contributed by atoms with Crippen LogP contribution in [0, 0.1) is 18.8 Å². The van der Waals surface area contributed by atoms with Crippen LogP contribution in [-0.2, 0) is 11.2 Å². The van der Waals surface area contributed by atoms with Crippen molar-refractivity contribution in [2.24, 2.45) is 11.8 Å². The lowest BCUT2D eigenvalue weighted by molar-refractivity contribution is -0.139. The van der Waals surface area contributed by atoms with Crippen LogP contribution in [0.25, 0.3) is 0 Å².